The molecule has 1 saturated heterocycles. The van der Waals surface area contributed by atoms with E-state index < -0.39 is 27.3 Å². The van der Waals surface area contributed by atoms with E-state index in [4.69, 9.17) is 4.74 Å². The van der Waals surface area contributed by atoms with Gasteiger partial charge in [0.25, 0.3) is 0 Å². The third-order valence-electron chi connectivity index (χ3n) is 7.42. The quantitative estimate of drug-likeness (QED) is 0.665. The van der Waals surface area contributed by atoms with E-state index in [0.717, 1.165) is 37.2 Å². The number of aliphatic hydroxyl groups is 1. The van der Waals surface area contributed by atoms with Gasteiger partial charge in [-0.1, -0.05) is 38.8 Å². The second kappa shape index (κ2) is 9.72. The summed E-state index contributed by atoms with van der Waals surface area (Å²) in [7, 11) is -3.64. The van der Waals surface area contributed by atoms with Gasteiger partial charge >= 0.3 is 0 Å². The van der Waals surface area contributed by atoms with Crippen molar-refractivity contribution in [3.63, 3.8) is 0 Å². The van der Waals surface area contributed by atoms with Crippen LogP contribution in [0, 0.1) is 11.2 Å². The molecule has 33 heavy (non-hydrogen) atoms. The zero-order valence-electron chi connectivity index (χ0n) is 19.5. The van der Waals surface area contributed by atoms with Crippen LogP contribution < -0.4 is 4.90 Å². The minimum atomic E-state index is -3.64. The van der Waals surface area contributed by atoms with Crippen molar-refractivity contribution in [2.75, 3.05) is 37.0 Å². The van der Waals surface area contributed by atoms with Gasteiger partial charge < -0.3 is 14.7 Å². The topological polar surface area (TPSA) is 66.8 Å². The van der Waals surface area contributed by atoms with Gasteiger partial charge in [-0.2, -0.15) is 0 Å². The lowest BCUT2D eigenvalue weighted by atomic mass is 9.69. The summed E-state index contributed by atoms with van der Waals surface area (Å²) in [4.78, 5) is 2.46. The molecule has 3 atom stereocenters. The van der Waals surface area contributed by atoms with Gasteiger partial charge in [-0.05, 0) is 54.3 Å². The van der Waals surface area contributed by atoms with E-state index in [1.54, 1.807) is 18.2 Å². The molecule has 0 unspecified atom stereocenters. The molecule has 4 rings (SSSR count). The van der Waals surface area contributed by atoms with Crippen molar-refractivity contribution < 1.29 is 22.7 Å². The second-order valence-electron chi connectivity index (χ2n) is 9.37. The van der Waals surface area contributed by atoms with E-state index >= 15 is 0 Å². The van der Waals surface area contributed by atoms with E-state index in [-0.39, 0.29) is 16.5 Å². The van der Waals surface area contributed by atoms with Crippen LogP contribution in [0.1, 0.15) is 56.6 Å². The van der Waals surface area contributed by atoms with Crippen LogP contribution in [-0.4, -0.2) is 51.7 Å². The van der Waals surface area contributed by atoms with Crippen molar-refractivity contribution in [3.05, 3.63) is 59.4 Å². The number of nitrogens with zero attached hydrogens (tertiary/aromatic N) is 1. The van der Waals surface area contributed by atoms with Crippen molar-refractivity contribution in [2.45, 2.75) is 56.4 Å². The van der Waals surface area contributed by atoms with Crippen LogP contribution in [0.25, 0.3) is 0 Å². The summed E-state index contributed by atoms with van der Waals surface area (Å²) in [5.41, 5.74) is 1.48. The summed E-state index contributed by atoms with van der Waals surface area (Å²) in [6.45, 7) is 6.73. The number of ether oxygens (including phenoxy) is 1. The Morgan fingerprint density at radius 1 is 1.12 bits per heavy atom. The Morgan fingerprint density at radius 3 is 2.45 bits per heavy atom. The van der Waals surface area contributed by atoms with E-state index in [9.17, 15) is 17.9 Å². The van der Waals surface area contributed by atoms with Crippen LogP contribution in [-0.2, 0) is 14.6 Å². The number of aliphatic hydroxyl groups excluding tert-OH is 1. The molecule has 0 amide bonds. The molecule has 2 aliphatic rings. The first-order valence-electron chi connectivity index (χ1n) is 11.9. The van der Waals surface area contributed by atoms with Crippen molar-refractivity contribution in [2.24, 2.45) is 5.41 Å². The lowest BCUT2D eigenvalue weighted by molar-refractivity contribution is 0.0174. The van der Waals surface area contributed by atoms with Gasteiger partial charge in [0.2, 0.25) is 0 Å². The smallest absolute Gasteiger partial charge is 0.179 e. The van der Waals surface area contributed by atoms with Gasteiger partial charge in [-0.25, -0.2) is 12.8 Å². The number of hydrogen-bond donors (Lipinski definition) is 1. The maximum absolute atomic E-state index is 13.8. The SMILES string of the molecule is CCCC[C@]1(CC)CS(=O)(=O)c2ccc(N3CCOCC3)cc2[C@@H](c2ccc(F)cc2)[C@H]1O. The Hall–Kier alpha value is -1.96. The van der Waals surface area contributed by atoms with E-state index in [1.165, 1.54) is 12.1 Å². The largest absolute Gasteiger partial charge is 0.392 e. The molecule has 0 aromatic heterocycles. The van der Waals surface area contributed by atoms with Gasteiger partial charge in [0.1, 0.15) is 5.82 Å². The highest BCUT2D eigenvalue weighted by atomic mass is 32.2. The van der Waals surface area contributed by atoms with E-state index in [2.05, 4.69) is 11.8 Å². The monoisotopic (exact) mass is 475 g/mol. The van der Waals surface area contributed by atoms with Crippen molar-refractivity contribution in [3.8, 4) is 0 Å². The molecule has 2 heterocycles. The third kappa shape index (κ3) is 4.68. The molecule has 180 valence electrons. The van der Waals surface area contributed by atoms with E-state index in [1.807, 2.05) is 19.1 Å². The average Bonchev–Trinajstić information content (AvgIpc) is 2.90. The van der Waals surface area contributed by atoms with Gasteiger partial charge in [0.15, 0.2) is 9.84 Å². The first kappa shape index (κ1) is 24.2. The molecule has 2 aromatic rings. The first-order valence-corrected chi connectivity index (χ1v) is 13.6. The Balaban J connectivity index is 1.92. The number of rotatable bonds is 6. The molecule has 0 bridgehead atoms. The Kier molecular flexibility index (Phi) is 7.12. The van der Waals surface area contributed by atoms with Crippen molar-refractivity contribution in [1.29, 1.82) is 0 Å². The average molecular weight is 476 g/mol. The maximum Gasteiger partial charge on any atom is 0.179 e. The van der Waals surface area contributed by atoms with Crippen molar-refractivity contribution >= 4 is 15.5 Å². The molecule has 0 saturated carbocycles. The lowest BCUT2D eigenvalue weighted by Gasteiger charge is -2.39. The summed E-state index contributed by atoms with van der Waals surface area (Å²) in [6.07, 6.45) is 2.03. The normalized spacial score (nSPS) is 27.1. The van der Waals surface area contributed by atoms with Gasteiger partial charge in [0.05, 0.1) is 30.0 Å². The molecule has 0 radical (unpaired) electrons. The predicted molar refractivity (Wildman–Crippen MR) is 128 cm³/mol. The highest BCUT2D eigenvalue weighted by Gasteiger charge is 2.49. The number of benzene rings is 2. The molecular weight excluding hydrogens is 441 g/mol. The number of fused-ring (bicyclic) bond motifs is 1. The minimum Gasteiger partial charge on any atom is -0.392 e. The molecule has 7 heteroatoms. The summed E-state index contributed by atoms with van der Waals surface area (Å²) >= 11 is 0. The molecule has 0 aliphatic carbocycles. The van der Waals surface area contributed by atoms with Crippen LogP contribution in [0.3, 0.4) is 0 Å². The Bertz CT molecular complexity index is 1070. The molecule has 5 nitrogen and oxygen atoms in total. The summed E-state index contributed by atoms with van der Waals surface area (Å²) in [5, 5.41) is 11.9. The molecule has 0 spiro atoms. The summed E-state index contributed by atoms with van der Waals surface area (Å²) < 4.78 is 46.6. The zero-order valence-corrected chi connectivity index (χ0v) is 20.3. The molecule has 1 fully saturated rings. The molecule has 2 aliphatic heterocycles. The van der Waals surface area contributed by atoms with Crippen molar-refractivity contribution in [1.82, 2.24) is 0 Å². The Labute approximate surface area is 196 Å². The molecular formula is C26H34FNO4S. The minimum absolute atomic E-state index is 0.0841. The standard InChI is InChI=1S/C26H34FNO4S/c1-3-5-12-26(4-2)18-33(30,31)23-11-10-21(28-13-15-32-16-14-28)17-22(23)24(25(26)29)19-6-8-20(27)9-7-19/h6-11,17,24-25,29H,3-5,12-16,18H2,1-2H3/t24-,25-,26-/m1/s1. The maximum atomic E-state index is 13.8. The fourth-order valence-corrected chi connectivity index (χ4v) is 7.67. The first-order chi connectivity index (χ1) is 15.8. The number of anilines is 1. The lowest BCUT2D eigenvalue weighted by Crippen LogP contribution is -2.42. The van der Waals surface area contributed by atoms with Gasteiger partial charge in [-0.3, -0.25) is 0 Å². The number of sulfone groups is 1. The van der Waals surface area contributed by atoms with E-state index in [0.29, 0.717) is 31.6 Å². The third-order valence-corrected chi connectivity index (χ3v) is 9.42. The Morgan fingerprint density at radius 2 is 1.82 bits per heavy atom. The predicted octanol–water partition coefficient (Wildman–Crippen LogP) is 4.53. The van der Waals surface area contributed by atoms with Crippen LogP contribution in [0.15, 0.2) is 47.4 Å². The number of morpholine rings is 1. The highest BCUT2D eigenvalue weighted by molar-refractivity contribution is 7.91. The van der Waals surface area contributed by atoms with Crippen LogP contribution in [0.2, 0.25) is 0 Å². The molecule has 1 N–H and O–H groups in total. The fourth-order valence-electron chi connectivity index (χ4n) is 5.41. The summed E-state index contributed by atoms with van der Waals surface area (Å²) in [5.74, 6) is -1.00. The summed E-state index contributed by atoms with van der Waals surface area (Å²) in [6, 6.07) is 11.6. The van der Waals surface area contributed by atoms with Gasteiger partial charge in [-0.15, -0.1) is 0 Å². The zero-order chi connectivity index (χ0) is 23.6. The van der Waals surface area contributed by atoms with Crippen LogP contribution in [0.5, 0.6) is 0 Å². The van der Waals surface area contributed by atoms with Crippen LogP contribution >= 0.6 is 0 Å². The van der Waals surface area contributed by atoms with Crippen LogP contribution in [0.4, 0.5) is 10.1 Å². The number of hydrogen-bond acceptors (Lipinski definition) is 5. The van der Waals surface area contributed by atoms with Gasteiger partial charge in [0, 0.05) is 30.1 Å². The second-order valence-corrected chi connectivity index (χ2v) is 11.3. The number of unbranched alkanes of at least 4 members (excludes halogenated alkanes) is 1. The molecule has 2 aromatic carbocycles. The number of halogens is 1. The highest BCUT2D eigenvalue weighted by Crippen LogP contribution is 2.49. The fraction of sp³-hybridized carbons (Fsp3) is 0.538.